The van der Waals surface area contributed by atoms with Crippen LogP contribution in [0.25, 0.3) is 10.8 Å². The molecule has 1 aliphatic rings. The third kappa shape index (κ3) is 2.36. The highest BCUT2D eigenvalue weighted by molar-refractivity contribution is 6.08. The van der Waals surface area contributed by atoms with E-state index in [1.807, 2.05) is 12.1 Å². The number of nitrogens with zero attached hydrogens (tertiary/aromatic N) is 1. The lowest BCUT2D eigenvalue weighted by Gasteiger charge is -2.27. The van der Waals surface area contributed by atoms with Crippen molar-refractivity contribution in [2.45, 2.75) is 0 Å². The van der Waals surface area contributed by atoms with Crippen molar-refractivity contribution in [2.75, 3.05) is 26.3 Å². The summed E-state index contributed by atoms with van der Waals surface area (Å²) in [5, 5.41) is 11.7. The Morgan fingerprint density at radius 2 is 1.95 bits per heavy atom. The van der Waals surface area contributed by atoms with Crippen LogP contribution in [-0.4, -0.2) is 48.5 Å². The van der Waals surface area contributed by atoms with Gasteiger partial charge in [-0.25, -0.2) is 0 Å². The molecule has 0 unspecified atom stereocenters. The average molecular weight is 285 g/mol. The number of hydrogen-bond donors (Lipinski definition) is 1. The maximum absolute atomic E-state index is 12.5. The second-order valence-electron chi connectivity index (χ2n) is 4.93. The zero-order chi connectivity index (χ0) is 14.8. The maximum atomic E-state index is 12.5. The van der Waals surface area contributed by atoms with Crippen LogP contribution in [0.1, 0.15) is 20.7 Å². The van der Waals surface area contributed by atoms with E-state index in [9.17, 15) is 14.7 Å². The predicted octanol–water partition coefficient (Wildman–Crippen LogP) is 1.83. The van der Waals surface area contributed by atoms with Crippen molar-refractivity contribution in [3.05, 3.63) is 41.5 Å². The summed E-state index contributed by atoms with van der Waals surface area (Å²) < 4.78 is 5.22. The topological polar surface area (TPSA) is 66.8 Å². The Labute approximate surface area is 121 Å². The molecular formula is C16H15NO4. The minimum Gasteiger partial charge on any atom is -0.506 e. The molecule has 0 spiro atoms. The molecule has 0 aliphatic carbocycles. The highest BCUT2D eigenvalue weighted by Crippen LogP contribution is 2.31. The number of phenols is 1. The first kappa shape index (κ1) is 13.6. The Bertz CT molecular complexity index is 705. The van der Waals surface area contributed by atoms with E-state index in [2.05, 4.69) is 0 Å². The second-order valence-corrected chi connectivity index (χ2v) is 4.93. The first-order chi connectivity index (χ1) is 10.2. The van der Waals surface area contributed by atoms with Crippen LogP contribution in [0, 0.1) is 0 Å². The van der Waals surface area contributed by atoms with E-state index in [1.165, 1.54) is 0 Å². The number of amides is 1. The molecule has 108 valence electrons. The molecule has 1 heterocycles. The summed E-state index contributed by atoms with van der Waals surface area (Å²) >= 11 is 0. The van der Waals surface area contributed by atoms with Crippen molar-refractivity contribution in [3.8, 4) is 5.75 Å². The zero-order valence-corrected chi connectivity index (χ0v) is 11.4. The molecular weight excluding hydrogens is 270 g/mol. The van der Waals surface area contributed by atoms with E-state index < -0.39 is 0 Å². The van der Waals surface area contributed by atoms with Crippen LogP contribution < -0.4 is 0 Å². The minimum absolute atomic E-state index is 0.157. The lowest BCUT2D eigenvalue weighted by atomic mass is 9.99. The highest BCUT2D eigenvalue weighted by atomic mass is 16.5. The van der Waals surface area contributed by atoms with Gasteiger partial charge in [0, 0.05) is 13.1 Å². The molecule has 3 rings (SSSR count). The van der Waals surface area contributed by atoms with Gasteiger partial charge in [0.05, 0.1) is 24.3 Å². The number of carbonyl (C=O) groups is 2. The van der Waals surface area contributed by atoms with E-state index >= 15 is 0 Å². The van der Waals surface area contributed by atoms with Crippen molar-refractivity contribution in [3.63, 3.8) is 0 Å². The molecule has 1 amide bonds. The summed E-state index contributed by atoms with van der Waals surface area (Å²) in [4.78, 5) is 25.4. The van der Waals surface area contributed by atoms with Gasteiger partial charge in [0.25, 0.3) is 5.91 Å². The van der Waals surface area contributed by atoms with Crippen molar-refractivity contribution < 1.29 is 19.4 Å². The van der Waals surface area contributed by atoms with Gasteiger partial charge in [-0.3, -0.25) is 9.59 Å². The van der Waals surface area contributed by atoms with Crippen molar-refractivity contribution in [2.24, 2.45) is 0 Å². The Balaban J connectivity index is 2.11. The van der Waals surface area contributed by atoms with Crippen molar-refractivity contribution in [1.29, 1.82) is 0 Å². The number of benzene rings is 2. The second kappa shape index (κ2) is 5.54. The van der Waals surface area contributed by atoms with Crippen molar-refractivity contribution >= 4 is 23.0 Å². The van der Waals surface area contributed by atoms with E-state index in [0.717, 1.165) is 5.39 Å². The van der Waals surface area contributed by atoms with Gasteiger partial charge < -0.3 is 14.7 Å². The van der Waals surface area contributed by atoms with Crippen molar-refractivity contribution in [1.82, 2.24) is 4.90 Å². The number of phenolic OH excluding ortho intramolecular Hbond substituents is 1. The van der Waals surface area contributed by atoms with Crippen LogP contribution in [0.15, 0.2) is 30.3 Å². The van der Waals surface area contributed by atoms with E-state index in [1.54, 1.807) is 23.1 Å². The van der Waals surface area contributed by atoms with Gasteiger partial charge >= 0.3 is 0 Å². The maximum Gasteiger partial charge on any atom is 0.257 e. The standard InChI is InChI=1S/C16H15NO4/c18-10-14-12-4-2-1-3-11(12)9-13(15(14)19)16(20)17-5-7-21-8-6-17/h1-4,9-10,19H,5-8H2. The number of fused-ring (bicyclic) bond motifs is 1. The fourth-order valence-electron chi connectivity index (χ4n) is 2.58. The summed E-state index contributed by atoms with van der Waals surface area (Å²) in [5.41, 5.74) is 0.322. The average Bonchev–Trinajstić information content (AvgIpc) is 2.54. The number of aromatic hydroxyl groups is 1. The number of morpholine rings is 1. The quantitative estimate of drug-likeness (QED) is 0.855. The van der Waals surface area contributed by atoms with Crippen LogP contribution in [0.5, 0.6) is 5.75 Å². The zero-order valence-electron chi connectivity index (χ0n) is 11.4. The van der Waals surface area contributed by atoms with Crippen LogP contribution in [0.2, 0.25) is 0 Å². The minimum atomic E-state index is -0.273. The van der Waals surface area contributed by atoms with E-state index in [-0.39, 0.29) is 22.8 Å². The third-order valence-corrected chi connectivity index (χ3v) is 3.71. The molecule has 0 saturated carbocycles. The summed E-state index contributed by atoms with van der Waals surface area (Å²) in [6.45, 7) is 1.95. The normalized spacial score (nSPS) is 15.1. The molecule has 5 nitrogen and oxygen atoms in total. The first-order valence-corrected chi connectivity index (χ1v) is 6.79. The number of ether oxygens (including phenoxy) is 1. The summed E-state index contributed by atoms with van der Waals surface area (Å²) in [6.07, 6.45) is 0.591. The number of aldehydes is 1. The molecule has 21 heavy (non-hydrogen) atoms. The summed E-state index contributed by atoms with van der Waals surface area (Å²) in [6, 6.07) is 8.82. The van der Waals surface area contributed by atoms with Gasteiger partial charge in [-0.05, 0) is 16.8 Å². The SMILES string of the molecule is O=Cc1c(O)c(C(=O)N2CCOCC2)cc2ccccc12. The third-order valence-electron chi connectivity index (χ3n) is 3.71. The van der Waals surface area contributed by atoms with Gasteiger partial charge in [-0.2, -0.15) is 0 Å². The fourth-order valence-corrected chi connectivity index (χ4v) is 2.58. The Kier molecular flexibility index (Phi) is 3.58. The molecule has 0 aromatic heterocycles. The van der Waals surface area contributed by atoms with Gasteiger partial charge in [0.1, 0.15) is 5.75 Å². The fraction of sp³-hybridized carbons (Fsp3) is 0.250. The molecule has 0 atom stereocenters. The Morgan fingerprint density at radius 1 is 1.24 bits per heavy atom. The Morgan fingerprint density at radius 3 is 2.67 bits per heavy atom. The smallest absolute Gasteiger partial charge is 0.257 e. The van der Waals surface area contributed by atoms with Gasteiger partial charge in [-0.15, -0.1) is 0 Å². The van der Waals surface area contributed by atoms with Crippen LogP contribution in [0.4, 0.5) is 0 Å². The monoisotopic (exact) mass is 285 g/mol. The van der Waals surface area contributed by atoms with Gasteiger partial charge in [0.2, 0.25) is 0 Å². The van der Waals surface area contributed by atoms with Crippen LogP contribution in [-0.2, 0) is 4.74 Å². The predicted molar refractivity (Wildman–Crippen MR) is 77.7 cm³/mol. The largest absolute Gasteiger partial charge is 0.506 e. The van der Waals surface area contributed by atoms with Gasteiger partial charge in [-0.1, -0.05) is 24.3 Å². The first-order valence-electron chi connectivity index (χ1n) is 6.79. The number of carbonyl (C=O) groups excluding carboxylic acids is 2. The van der Waals surface area contributed by atoms with Crippen LogP contribution in [0.3, 0.4) is 0 Å². The number of rotatable bonds is 2. The van der Waals surface area contributed by atoms with E-state index in [4.69, 9.17) is 4.74 Å². The molecule has 5 heteroatoms. The molecule has 1 saturated heterocycles. The molecule has 2 aromatic carbocycles. The molecule has 0 bridgehead atoms. The highest BCUT2D eigenvalue weighted by Gasteiger charge is 2.23. The summed E-state index contributed by atoms with van der Waals surface area (Å²) in [5.74, 6) is -0.523. The Hall–Kier alpha value is -2.40. The molecule has 1 N–H and O–H groups in total. The number of hydrogen-bond acceptors (Lipinski definition) is 4. The van der Waals surface area contributed by atoms with E-state index in [0.29, 0.717) is 38.0 Å². The molecule has 0 radical (unpaired) electrons. The molecule has 2 aromatic rings. The lowest BCUT2D eigenvalue weighted by molar-refractivity contribution is 0.0301. The van der Waals surface area contributed by atoms with Gasteiger partial charge in [0.15, 0.2) is 6.29 Å². The molecule has 1 aliphatic heterocycles. The van der Waals surface area contributed by atoms with Crippen LogP contribution >= 0.6 is 0 Å². The molecule has 1 fully saturated rings. The lowest BCUT2D eigenvalue weighted by Crippen LogP contribution is -2.40. The summed E-state index contributed by atoms with van der Waals surface area (Å²) in [7, 11) is 0.